The molecule has 0 aliphatic carbocycles. The van der Waals surface area contributed by atoms with Gasteiger partial charge in [-0.05, 0) is 58.0 Å². The van der Waals surface area contributed by atoms with E-state index in [1.54, 1.807) is 6.07 Å². The SMILES string of the molecule is NC(c1cccc(F)c1)c1cccc(I)c1. The van der Waals surface area contributed by atoms with Crippen LogP contribution in [0.25, 0.3) is 0 Å². The van der Waals surface area contributed by atoms with E-state index in [0.717, 1.165) is 14.7 Å². The zero-order valence-electron chi connectivity index (χ0n) is 8.53. The predicted octanol–water partition coefficient (Wildman–Crippen LogP) is 3.48. The van der Waals surface area contributed by atoms with Crippen molar-refractivity contribution in [2.75, 3.05) is 0 Å². The predicted molar refractivity (Wildman–Crippen MR) is 71.6 cm³/mol. The van der Waals surface area contributed by atoms with Crippen LogP contribution in [0.2, 0.25) is 0 Å². The van der Waals surface area contributed by atoms with Crippen molar-refractivity contribution in [1.29, 1.82) is 0 Å². The molecule has 3 heteroatoms. The quantitative estimate of drug-likeness (QED) is 0.840. The minimum atomic E-state index is -0.273. The Morgan fingerprint density at radius 3 is 2.25 bits per heavy atom. The first-order chi connectivity index (χ1) is 7.66. The molecule has 0 aromatic heterocycles. The molecule has 82 valence electrons. The number of hydrogen-bond donors (Lipinski definition) is 1. The van der Waals surface area contributed by atoms with Crippen LogP contribution in [0.4, 0.5) is 4.39 Å². The Bertz CT molecular complexity index is 453. The van der Waals surface area contributed by atoms with Crippen molar-refractivity contribution in [3.05, 3.63) is 69.0 Å². The molecule has 0 bridgehead atoms. The Morgan fingerprint density at radius 1 is 1.00 bits per heavy atom. The van der Waals surface area contributed by atoms with Crippen molar-refractivity contribution in [2.24, 2.45) is 5.73 Å². The van der Waals surface area contributed by atoms with Crippen molar-refractivity contribution in [1.82, 2.24) is 0 Å². The Hall–Kier alpha value is -0.940. The molecular weight excluding hydrogens is 316 g/mol. The van der Waals surface area contributed by atoms with Crippen LogP contribution in [0, 0.1) is 9.39 Å². The standard InChI is InChI=1S/C13H11FIN/c14-11-5-1-3-9(7-11)13(16)10-4-2-6-12(15)8-10/h1-8,13H,16H2. The van der Waals surface area contributed by atoms with E-state index in [1.165, 1.54) is 12.1 Å². The second-order valence-corrected chi connectivity index (χ2v) is 4.83. The van der Waals surface area contributed by atoms with E-state index in [0.29, 0.717) is 0 Å². The van der Waals surface area contributed by atoms with Gasteiger partial charge in [-0.2, -0.15) is 0 Å². The maximum atomic E-state index is 13.1. The maximum absolute atomic E-state index is 13.1. The summed E-state index contributed by atoms with van der Waals surface area (Å²) < 4.78 is 14.2. The summed E-state index contributed by atoms with van der Waals surface area (Å²) >= 11 is 2.24. The van der Waals surface area contributed by atoms with Gasteiger partial charge < -0.3 is 5.73 Å². The molecule has 2 aromatic rings. The highest BCUT2D eigenvalue weighted by Gasteiger charge is 2.09. The van der Waals surface area contributed by atoms with Gasteiger partial charge in [0.15, 0.2) is 0 Å². The molecule has 16 heavy (non-hydrogen) atoms. The third-order valence-electron chi connectivity index (χ3n) is 2.42. The summed E-state index contributed by atoms with van der Waals surface area (Å²) in [5.74, 6) is -0.251. The first-order valence-electron chi connectivity index (χ1n) is 4.93. The molecule has 1 atom stereocenters. The lowest BCUT2D eigenvalue weighted by molar-refractivity contribution is 0.623. The number of benzene rings is 2. The highest BCUT2D eigenvalue weighted by atomic mass is 127. The fourth-order valence-electron chi connectivity index (χ4n) is 1.59. The molecule has 0 saturated heterocycles. The molecule has 2 rings (SSSR count). The van der Waals surface area contributed by atoms with E-state index < -0.39 is 0 Å². The zero-order chi connectivity index (χ0) is 11.5. The van der Waals surface area contributed by atoms with Gasteiger partial charge in [-0.1, -0.05) is 24.3 Å². The van der Waals surface area contributed by atoms with Crippen LogP contribution < -0.4 is 5.73 Å². The van der Waals surface area contributed by atoms with Gasteiger partial charge in [0.1, 0.15) is 5.82 Å². The molecule has 0 fully saturated rings. The van der Waals surface area contributed by atoms with Gasteiger partial charge in [0.05, 0.1) is 6.04 Å². The molecule has 0 aliphatic rings. The Balaban J connectivity index is 2.35. The number of halogens is 2. The molecular formula is C13H11FIN. The molecule has 0 heterocycles. The lowest BCUT2D eigenvalue weighted by atomic mass is 10.00. The first kappa shape index (κ1) is 11.5. The summed E-state index contributed by atoms with van der Waals surface area (Å²) in [5.41, 5.74) is 7.88. The van der Waals surface area contributed by atoms with E-state index in [9.17, 15) is 4.39 Å². The number of hydrogen-bond acceptors (Lipinski definition) is 1. The molecule has 0 aliphatic heterocycles. The minimum absolute atomic E-state index is 0.251. The topological polar surface area (TPSA) is 26.0 Å². The molecule has 0 amide bonds. The third-order valence-corrected chi connectivity index (χ3v) is 3.09. The normalized spacial score (nSPS) is 12.4. The van der Waals surface area contributed by atoms with Crippen molar-refractivity contribution in [3.8, 4) is 0 Å². The molecule has 2 aromatic carbocycles. The second kappa shape index (κ2) is 4.93. The molecule has 0 radical (unpaired) electrons. The molecule has 1 nitrogen and oxygen atoms in total. The van der Waals surface area contributed by atoms with E-state index in [1.807, 2.05) is 30.3 Å². The van der Waals surface area contributed by atoms with Crippen LogP contribution in [-0.2, 0) is 0 Å². The third kappa shape index (κ3) is 2.59. The van der Waals surface area contributed by atoms with Gasteiger partial charge >= 0.3 is 0 Å². The van der Waals surface area contributed by atoms with Gasteiger partial charge in [-0.25, -0.2) is 4.39 Å². The van der Waals surface area contributed by atoms with Crippen LogP contribution in [0.15, 0.2) is 48.5 Å². The molecule has 0 saturated carbocycles. The summed E-state index contributed by atoms with van der Waals surface area (Å²) in [7, 11) is 0. The minimum Gasteiger partial charge on any atom is -0.320 e. The number of nitrogens with two attached hydrogens (primary N) is 1. The average molecular weight is 327 g/mol. The number of rotatable bonds is 2. The van der Waals surface area contributed by atoms with Crippen LogP contribution in [-0.4, -0.2) is 0 Å². The zero-order valence-corrected chi connectivity index (χ0v) is 10.7. The Labute approximate surface area is 108 Å². The van der Waals surface area contributed by atoms with Crippen LogP contribution in [0.3, 0.4) is 0 Å². The van der Waals surface area contributed by atoms with Crippen molar-refractivity contribution in [2.45, 2.75) is 6.04 Å². The highest BCUT2D eigenvalue weighted by Crippen LogP contribution is 2.21. The van der Waals surface area contributed by atoms with E-state index in [4.69, 9.17) is 5.73 Å². The van der Waals surface area contributed by atoms with Gasteiger partial charge in [-0.3, -0.25) is 0 Å². The second-order valence-electron chi connectivity index (χ2n) is 3.59. The van der Waals surface area contributed by atoms with Crippen molar-refractivity contribution in [3.63, 3.8) is 0 Å². The van der Waals surface area contributed by atoms with Crippen LogP contribution >= 0.6 is 22.6 Å². The average Bonchev–Trinajstić information content (AvgIpc) is 2.28. The van der Waals surface area contributed by atoms with Gasteiger partial charge in [0, 0.05) is 3.57 Å². The van der Waals surface area contributed by atoms with E-state index >= 15 is 0 Å². The molecule has 0 spiro atoms. The molecule has 2 N–H and O–H groups in total. The summed E-state index contributed by atoms with van der Waals surface area (Å²) in [6.07, 6.45) is 0. The summed E-state index contributed by atoms with van der Waals surface area (Å²) in [6, 6.07) is 14.1. The highest BCUT2D eigenvalue weighted by molar-refractivity contribution is 14.1. The summed E-state index contributed by atoms with van der Waals surface area (Å²) in [4.78, 5) is 0. The smallest absolute Gasteiger partial charge is 0.123 e. The summed E-state index contributed by atoms with van der Waals surface area (Å²) in [5, 5.41) is 0. The van der Waals surface area contributed by atoms with Gasteiger partial charge in [0.25, 0.3) is 0 Å². The monoisotopic (exact) mass is 327 g/mol. The van der Waals surface area contributed by atoms with Crippen LogP contribution in [0.5, 0.6) is 0 Å². The fraction of sp³-hybridized carbons (Fsp3) is 0.0769. The van der Waals surface area contributed by atoms with E-state index in [2.05, 4.69) is 22.6 Å². The van der Waals surface area contributed by atoms with Crippen LogP contribution in [0.1, 0.15) is 17.2 Å². The summed E-state index contributed by atoms with van der Waals surface area (Å²) in [6.45, 7) is 0. The van der Waals surface area contributed by atoms with Crippen molar-refractivity contribution < 1.29 is 4.39 Å². The Kier molecular flexibility index (Phi) is 3.56. The first-order valence-corrected chi connectivity index (χ1v) is 6.01. The lowest BCUT2D eigenvalue weighted by Crippen LogP contribution is -2.12. The lowest BCUT2D eigenvalue weighted by Gasteiger charge is -2.12. The Morgan fingerprint density at radius 2 is 1.62 bits per heavy atom. The van der Waals surface area contributed by atoms with Gasteiger partial charge in [-0.15, -0.1) is 0 Å². The largest absolute Gasteiger partial charge is 0.320 e. The fourth-order valence-corrected chi connectivity index (χ4v) is 2.16. The maximum Gasteiger partial charge on any atom is 0.123 e. The van der Waals surface area contributed by atoms with Crippen molar-refractivity contribution >= 4 is 22.6 Å². The van der Waals surface area contributed by atoms with E-state index in [-0.39, 0.29) is 11.9 Å². The van der Waals surface area contributed by atoms with Gasteiger partial charge in [0.2, 0.25) is 0 Å². The molecule has 1 unspecified atom stereocenters.